The van der Waals surface area contributed by atoms with E-state index in [9.17, 15) is 9.59 Å². The first kappa shape index (κ1) is 16.6. The highest BCUT2D eigenvalue weighted by molar-refractivity contribution is 5.86. The molecule has 24 heavy (non-hydrogen) atoms. The zero-order valence-corrected chi connectivity index (χ0v) is 14.5. The van der Waals surface area contributed by atoms with Crippen LogP contribution >= 0.6 is 0 Å². The molecule has 1 aliphatic rings. The van der Waals surface area contributed by atoms with E-state index in [4.69, 9.17) is 4.74 Å². The summed E-state index contributed by atoms with van der Waals surface area (Å²) < 4.78 is 7.32. The van der Waals surface area contributed by atoms with Crippen molar-refractivity contribution in [2.24, 2.45) is 18.9 Å². The van der Waals surface area contributed by atoms with Gasteiger partial charge in [0.25, 0.3) is 11.5 Å². The third-order valence-corrected chi connectivity index (χ3v) is 4.69. The van der Waals surface area contributed by atoms with Crippen LogP contribution < -0.4 is 10.3 Å². The summed E-state index contributed by atoms with van der Waals surface area (Å²) in [6.07, 6.45) is 1.16. The van der Waals surface area contributed by atoms with Gasteiger partial charge in [-0.1, -0.05) is 26.0 Å². The molecule has 1 aromatic carbocycles. The zero-order valence-electron chi connectivity index (χ0n) is 14.5. The van der Waals surface area contributed by atoms with Crippen LogP contribution in [0.2, 0.25) is 0 Å². The maximum absolute atomic E-state index is 12.5. The first-order valence-electron chi connectivity index (χ1n) is 8.45. The molecule has 2 heterocycles. The molecule has 0 saturated carbocycles. The Morgan fingerprint density at radius 2 is 1.88 bits per heavy atom. The summed E-state index contributed by atoms with van der Waals surface area (Å²) in [6, 6.07) is 9.01. The molecule has 1 saturated heterocycles. The topological polar surface area (TPSA) is 51.5 Å². The molecule has 0 unspecified atom stereocenters. The van der Waals surface area contributed by atoms with Crippen molar-refractivity contribution in [3.63, 3.8) is 0 Å². The van der Waals surface area contributed by atoms with Crippen molar-refractivity contribution < 1.29 is 9.53 Å². The van der Waals surface area contributed by atoms with E-state index in [1.54, 1.807) is 11.6 Å². The van der Waals surface area contributed by atoms with Crippen LogP contribution in [0.1, 0.15) is 20.3 Å². The molecular weight excluding hydrogens is 304 g/mol. The monoisotopic (exact) mass is 328 g/mol. The number of aromatic nitrogens is 1. The van der Waals surface area contributed by atoms with Gasteiger partial charge in [-0.15, -0.1) is 0 Å². The maximum Gasteiger partial charge on any atom is 0.260 e. The molecule has 0 spiro atoms. The number of nitrogens with zero attached hydrogens (tertiary/aromatic N) is 2. The van der Waals surface area contributed by atoms with E-state index in [0.717, 1.165) is 30.4 Å². The summed E-state index contributed by atoms with van der Waals surface area (Å²) in [7, 11) is 1.73. The average molecular weight is 328 g/mol. The molecule has 0 radical (unpaired) electrons. The Labute approximate surface area is 141 Å². The minimum Gasteiger partial charge on any atom is -0.483 e. The van der Waals surface area contributed by atoms with Crippen LogP contribution in [0.25, 0.3) is 10.9 Å². The van der Waals surface area contributed by atoms with E-state index >= 15 is 0 Å². The van der Waals surface area contributed by atoms with E-state index in [-0.39, 0.29) is 18.1 Å². The number of rotatable bonds is 3. The standard InChI is InChI=1S/C19H24N2O3/c1-13-8-14(2)11-21(10-13)19(23)12-24-17-9-18(22)20(3)16-7-5-4-6-15(16)17/h4-7,9,13-14H,8,10-12H2,1-3H3/t13-,14+. The second kappa shape index (κ2) is 6.67. The number of benzene rings is 1. The van der Waals surface area contributed by atoms with E-state index in [1.807, 2.05) is 29.2 Å². The van der Waals surface area contributed by atoms with Crippen molar-refractivity contribution in [1.29, 1.82) is 0 Å². The highest BCUT2D eigenvalue weighted by Crippen LogP contribution is 2.24. The summed E-state index contributed by atoms with van der Waals surface area (Å²) in [5.74, 6) is 1.49. The second-order valence-corrected chi connectivity index (χ2v) is 6.96. The van der Waals surface area contributed by atoms with Gasteiger partial charge in [-0.3, -0.25) is 9.59 Å². The third-order valence-electron chi connectivity index (χ3n) is 4.69. The van der Waals surface area contributed by atoms with Crippen molar-refractivity contribution in [1.82, 2.24) is 9.47 Å². The van der Waals surface area contributed by atoms with Crippen molar-refractivity contribution in [2.75, 3.05) is 19.7 Å². The summed E-state index contributed by atoms with van der Waals surface area (Å²) in [4.78, 5) is 26.4. The molecule has 1 amide bonds. The van der Waals surface area contributed by atoms with Gasteiger partial charge in [0.1, 0.15) is 5.75 Å². The van der Waals surface area contributed by atoms with Gasteiger partial charge in [0, 0.05) is 31.6 Å². The molecule has 5 nitrogen and oxygen atoms in total. The minimum absolute atomic E-state index is 0.0156. The molecule has 2 atom stereocenters. The maximum atomic E-state index is 12.5. The molecule has 1 aliphatic heterocycles. The number of piperidine rings is 1. The van der Waals surface area contributed by atoms with Crippen molar-refractivity contribution in [3.05, 3.63) is 40.7 Å². The van der Waals surface area contributed by atoms with E-state index in [0.29, 0.717) is 17.6 Å². The number of amides is 1. The van der Waals surface area contributed by atoms with Gasteiger partial charge in [-0.05, 0) is 30.4 Å². The fourth-order valence-corrected chi connectivity index (χ4v) is 3.60. The quantitative estimate of drug-likeness (QED) is 0.869. The lowest BCUT2D eigenvalue weighted by molar-refractivity contribution is -0.136. The Bertz CT molecular complexity index is 802. The summed E-state index contributed by atoms with van der Waals surface area (Å²) in [6.45, 7) is 5.88. The highest BCUT2D eigenvalue weighted by Gasteiger charge is 2.25. The molecule has 5 heteroatoms. The van der Waals surface area contributed by atoms with Gasteiger partial charge in [-0.25, -0.2) is 0 Å². The van der Waals surface area contributed by atoms with E-state index in [1.165, 1.54) is 6.07 Å². The number of aryl methyl sites for hydroxylation is 1. The SMILES string of the molecule is C[C@@H]1C[C@H](C)CN(C(=O)COc2cc(=O)n(C)c3ccccc23)C1. The Kier molecular flexibility index (Phi) is 4.60. The Balaban J connectivity index is 1.77. The fraction of sp³-hybridized carbons (Fsp3) is 0.474. The largest absolute Gasteiger partial charge is 0.483 e. The minimum atomic E-state index is -0.142. The van der Waals surface area contributed by atoms with Crippen molar-refractivity contribution in [2.45, 2.75) is 20.3 Å². The smallest absolute Gasteiger partial charge is 0.260 e. The molecule has 2 aromatic rings. The van der Waals surface area contributed by atoms with Gasteiger partial charge in [0.2, 0.25) is 0 Å². The number of fused-ring (bicyclic) bond motifs is 1. The van der Waals surface area contributed by atoms with Crippen LogP contribution in [-0.2, 0) is 11.8 Å². The lowest BCUT2D eigenvalue weighted by Gasteiger charge is -2.34. The highest BCUT2D eigenvalue weighted by atomic mass is 16.5. The predicted molar refractivity (Wildman–Crippen MR) is 94.2 cm³/mol. The van der Waals surface area contributed by atoms with Crippen molar-refractivity contribution >= 4 is 16.8 Å². The second-order valence-electron chi connectivity index (χ2n) is 6.96. The number of likely N-dealkylation sites (tertiary alicyclic amines) is 1. The zero-order chi connectivity index (χ0) is 17.3. The molecule has 0 aliphatic carbocycles. The van der Waals surface area contributed by atoms with Gasteiger partial charge in [-0.2, -0.15) is 0 Å². The molecule has 3 rings (SSSR count). The number of pyridine rings is 1. The Hall–Kier alpha value is -2.30. The molecule has 1 aromatic heterocycles. The number of para-hydroxylation sites is 1. The Morgan fingerprint density at radius 1 is 1.21 bits per heavy atom. The number of carbonyl (C=O) groups excluding carboxylic acids is 1. The number of hydrogen-bond acceptors (Lipinski definition) is 3. The van der Waals surface area contributed by atoms with Crippen LogP contribution in [0.3, 0.4) is 0 Å². The van der Waals surface area contributed by atoms with Crippen LogP contribution in [0.5, 0.6) is 5.75 Å². The molecule has 0 N–H and O–H groups in total. The van der Waals surface area contributed by atoms with Gasteiger partial charge < -0.3 is 14.2 Å². The summed E-state index contributed by atoms with van der Waals surface area (Å²) >= 11 is 0. The lowest BCUT2D eigenvalue weighted by Crippen LogP contribution is -2.44. The first-order valence-corrected chi connectivity index (χ1v) is 8.45. The molecule has 1 fully saturated rings. The van der Waals surface area contributed by atoms with E-state index in [2.05, 4.69) is 13.8 Å². The molecule has 128 valence electrons. The normalized spacial score (nSPS) is 21.0. The van der Waals surface area contributed by atoms with Gasteiger partial charge in [0.15, 0.2) is 6.61 Å². The van der Waals surface area contributed by atoms with Crippen LogP contribution in [0.4, 0.5) is 0 Å². The van der Waals surface area contributed by atoms with Crippen molar-refractivity contribution in [3.8, 4) is 5.75 Å². The average Bonchev–Trinajstić information content (AvgIpc) is 2.55. The van der Waals surface area contributed by atoms with E-state index < -0.39 is 0 Å². The van der Waals surface area contributed by atoms with Gasteiger partial charge in [0.05, 0.1) is 5.52 Å². The van der Waals surface area contributed by atoms with Crippen LogP contribution in [-0.4, -0.2) is 35.1 Å². The number of ether oxygens (including phenoxy) is 1. The molecular formula is C19H24N2O3. The lowest BCUT2D eigenvalue weighted by atomic mass is 9.92. The summed E-state index contributed by atoms with van der Waals surface area (Å²) in [5, 5.41) is 0.841. The fourth-order valence-electron chi connectivity index (χ4n) is 3.60. The van der Waals surface area contributed by atoms with Gasteiger partial charge >= 0.3 is 0 Å². The first-order chi connectivity index (χ1) is 11.5. The predicted octanol–water partition coefficient (Wildman–Crippen LogP) is 2.42. The van der Waals surface area contributed by atoms with Crippen LogP contribution in [0.15, 0.2) is 35.1 Å². The summed E-state index contributed by atoms with van der Waals surface area (Å²) in [5.41, 5.74) is 0.657. The number of hydrogen-bond donors (Lipinski definition) is 0. The Morgan fingerprint density at radius 3 is 2.58 bits per heavy atom. The molecule has 0 bridgehead atoms. The third kappa shape index (κ3) is 3.30. The van der Waals surface area contributed by atoms with Crippen LogP contribution in [0, 0.1) is 11.8 Å². The number of carbonyl (C=O) groups is 1.